The second-order valence-corrected chi connectivity index (χ2v) is 35.5. The van der Waals surface area contributed by atoms with Crippen LogP contribution in [0.2, 0.25) is 5.02 Å². The standard InChI is InChI=1S/C22H28O2.C22H28O.C21H25FO.C21H26O.C18H18ClFO/c1-16(2)17-11-13-22(14-12-17,18-7-9-20(23)10-8-18)19-5-4-6-21(15-19)24-3;1-16(2)18-12-14-22(15-13-18,19-6-4-17(3)5-7-19)20-8-10-21(23)11-9-20;1-15(2)16-11-13-21(14-12-16,17-7-9-18(23)10-8-17)19-5-3-4-6-20(19)22;1-16(2)17-12-14-21(15-13-17,18-6-4-3-5-7-18)19-8-10-20(22)11-9-19;19-15-5-4-6-16(20)17(15)18(11-2-1-3-12-18)13-7-9-14(21)10-8-13/h4-10,15-17,23H,11-14H2,1-3H3;4-11,16,18,23H,12-15H2,1-3H3;3-10,15-16,23H,11-14H2,1-2H3;3-11,16-17,22H,12-15H2,1-2H3;4-10,21H,1-3,11-12H2. The molecule has 9 heteroatoms. The van der Waals surface area contributed by atoms with Crippen LogP contribution in [0.1, 0.15) is 251 Å². The smallest absolute Gasteiger partial charge is 0.128 e. The van der Waals surface area contributed by atoms with Gasteiger partial charge in [0.2, 0.25) is 0 Å². The van der Waals surface area contributed by atoms with Crippen molar-refractivity contribution in [2.45, 2.75) is 224 Å². The molecular weight excluding hydrogens is 1420 g/mol. The summed E-state index contributed by atoms with van der Waals surface area (Å²) in [4.78, 5) is 0. The fourth-order valence-electron chi connectivity index (χ4n) is 20.2. The number of phenolic OH excluding ortho intramolecular Hbond substituents is 5. The molecule has 0 aromatic heterocycles. The largest absolute Gasteiger partial charge is 0.508 e. The molecule has 10 aromatic carbocycles. The zero-order chi connectivity index (χ0) is 80.5. The minimum absolute atomic E-state index is 0.0215. The van der Waals surface area contributed by atoms with E-state index in [1.165, 1.54) is 116 Å². The van der Waals surface area contributed by atoms with Crippen molar-refractivity contribution in [3.05, 3.63) is 321 Å². The molecule has 5 saturated carbocycles. The summed E-state index contributed by atoms with van der Waals surface area (Å²) >= 11 is 6.34. The Labute approximate surface area is 680 Å². The van der Waals surface area contributed by atoms with Crippen molar-refractivity contribution in [2.24, 2.45) is 47.3 Å². The molecule has 0 atom stereocenters. The second kappa shape index (κ2) is 38.5. The van der Waals surface area contributed by atoms with Crippen molar-refractivity contribution in [3.63, 3.8) is 0 Å². The molecule has 5 aliphatic carbocycles. The van der Waals surface area contributed by atoms with Gasteiger partial charge in [0.05, 0.1) is 7.11 Å². The maximum atomic E-state index is 14.6. The number of aromatic hydroxyl groups is 5. The minimum atomic E-state index is -0.381. The first-order chi connectivity index (χ1) is 54.3. The maximum Gasteiger partial charge on any atom is 0.128 e. The minimum Gasteiger partial charge on any atom is -0.508 e. The summed E-state index contributed by atoms with van der Waals surface area (Å²) in [5.41, 5.74) is 12.6. The lowest BCUT2D eigenvalue weighted by molar-refractivity contribution is 0.214. The fourth-order valence-corrected chi connectivity index (χ4v) is 20.6. The van der Waals surface area contributed by atoms with E-state index in [0.29, 0.717) is 39.7 Å². The molecule has 15 rings (SSSR count). The second-order valence-electron chi connectivity index (χ2n) is 35.1. The van der Waals surface area contributed by atoms with E-state index in [1.54, 1.807) is 55.6 Å². The number of ether oxygens (including phenoxy) is 1. The molecule has 598 valence electrons. The third-order valence-corrected chi connectivity index (χ3v) is 27.8. The zero-order valence-corrected chi connectivity index (χ0v) is 69.6. The lowest BCUT2D eigenvalue weighted by Gasteiger charge is -2.42. The third-order valence-electron chi connectivity index (χ3n) is 27.5. The summed E-state index contributed by atoms with van der Waals surface area (Å²) in [7, 11) is 1.72. The van der Waals surface area contributed by atoms with Gasteiger partial charge in [0, 0.05) is 37.7 Å². The average Bonchev–Trinajstić information content (AvgIpc) is 0.779. The van der Waals surface area contributed by atoms with Crippen molar-refractivity contribution >= 4 is 11.6 Å². The molecule has 0 saturated heterocycles. The van der Waals surface area contributed by atoms with Gasteiger partial charge >= 0.3 is 0 Å². The molecular formula is C104H125ClF2O6. The van der Waals surface area contributed by atoms with Crippen LogP contribution in [0.5, 0.6) is 34.5 Å². The van der Waals surface area contributed by atoms with Gasteiger partial charge in [-0.1, -0.05) is 243 Å². The predicted molar refractivity (Wildman–Crippen MR) is 463 cm³/mol. The molecule has 0 aliphatic heterocycles. The van der Waals surface area contributed by atoms with Gasteiger partial charge in [-0.2, -0.15) is 0 Å². The van der Waals surface area contributed by atoms with Crippen LogP contribution in [0.15, 0.2) is 243 Å². The molecule has 0 amide bonds. The monoisotopic (exact) mass is 1540 g/mol. The summed E-state index contributed by atoms with van der Waals surface area (Å²) in [5, 5.41) is 48.6. The lowest BCUT2D eigenvalue weighted by atomic mass is 9.61. The highest BCUT2D eigenvalue weighted by Crippen LogP contribution is 2.54. The molecule has 0 bridgehead atoms. The Hall–Kier alpha value is -8.85. The first kappa shape index (κ1) is 85.0. The van der Waals surface area contributed by atoms with E-state index in [1.807, 2.05) is 78.9 Å². The highest BCUT2D eigenvalue weighted by atomic mass is 35.5. The van der Waals surface area contributed by atoms with E-state index in [-0.39, 0.29) is 50.2 Å². The van der Waals surface area contributed by atoms with Crippen molar-refractivity contribution in [3.8, 4) is 34.5 Å². The van der Waals surface area contributed by atoms with Gasteiger partial charge in [-0.25, -0.2) is 8.78 Å². The summed E-state index contributed by atoms with van der Waals surface area (Å²) < 4.78 is 34.6. The molecule has 6 nitrogen and oxygen atoms in total. The molecule has 0 unspecified atom stereocenters. The van der Waals surface area contributed by atoms with Crippen LogP contribution < -0.4 is 4.74 Å². The van der Waals surface area contributed by atoms with Gasteiger partial charge in [0.25, 0.3) is 0 Å². The van der Waals surface area contributed by atoms with Crippen LogP contribution in [0.3, 0.4) is 0 Å². The van der Waals surface area contributed by atoms with Crippen LogP contribution in [0.4, 0.5) is 8.78 Å². The van der Waals surface area contributed by atoms with Gasteiger partial charge in [0.1, 0.15) is 46.1 Å². The normalized spacial score (nSPS) is 23.4. The van der Waals surface area contributed by atoms with Gasteiger partial charge in [-0.3, -0.25) is 0 Å². The molecule has 5 fully saturated rings. The third kappa shape index (κ3) is 19.9. The fraction of sp³-hybridized carbons (Fsp3) is 0.423. The first-order valence-corrected chi connectivity index (χ1v) is 42.7. The van der Waals surface area contributed by atoms with Gasteiger partial charge < -0.3 is 30.3 Å². The quantitative estimate of drug-likeness (QED) is 0.0699. The van der Waals surface area contributed by atoms with Crippen molar-refractivity contribution in [1.82, 2.24) is 0 Å². The van der Waals surface area contributed by atoms with Crippen molar-refractivity contribution < 1.29 is 39.1 Å². The molecule has 5 N–H and O–H groups in total. The summed E-state index contributed by atoms with van der Waals surface area (Å²) in [6.07, 6.45) is 23.9. The van der Waals surface area contributed by atoms with Crippen LogP contribution in [0.25, 0.3) is 0 Å². The molecule has 10 aromatic rings. The number of halogens is 3. The Bertz CT molecular complexity index is 4470. The van der Waals surface area contributed by atoms with Gasteiger partial charge in [0.15, 0.2) is 0 Å². The first-order valence-electron chi connectivity index (χ1n) is 42.3. The number of benzene rings is 10. The Morgan fingerprint density at radius 2 is 0.602 bits per heavy atom. The van der Waals surface area contributed by atoms with Gasteiger partial charge in [-0.15, -0.1) is 0 Å². The Kier molecular flexibility index (Phi) is 29.0. The van der Waals surface area contributed by atoms with E-state index < -0.39 is 0 Å². The summed E-state index contributed by atoms with van der Waals surface area (Å²) in [6, 6.07) is 78.6. The number of hydrogen-bond acceptors (Lipinski definition) is 6. The van der Waals surface area contributed by atoms with Crippen LogP contribution >= 0.6 is 11.6 Å². The Balaban J connectivity index is 0.000000140. The van der Waals surface area contributed by atoms with Crippen molar-refractivity contribution in [2.75, 3.05) is 7.11 Å². The van der Waals surface area contributed by atoms with Crippen LogP contribution in [-0.4, -0.2) is 32.6 Å². The van der Waals surface area contributed by atoms with Crippen LogP contribution in [-0.2, 0) is 27.1 Å². The number of methoxy groups -OCH3 is 1. The van der Waals surface area contributed by atoms with E-state index in [2.05, 4.69) is 172 Å². The number of phenols is 5. The number of hydrogen-bond donors (Lipinski definition) is 5. The molecule has 0 spiro atoms. The molecule has 0 radical (unpaired) electrons. The summed E-state index contributed by atoms with van der Waals surface area (Å²) in [6.45, 7) is 20.8. The van der Waals surface area contributed by atoms with E-state index in [9.17, 15) is 34.3 Å². The van der Waals surface area contributed by atoms with Crippen molar-refractivity contribution in [1.29, 1.82) is 0 Å². The molecule has 5 aliphatic rings. The molecule has 0 heterocycles. The number of rotatable bonds is 15. The topological polar surface area (TPSA) is 110 Å². The van der Waals surface area contributed by atoms with E-state index >= 15 is 0 Å². The maximum absolute atomic E-state index is 14.6. The highest BCUT2D eigenvalue weighted by molar-refractivity contribution is 6.31. The zero-order valence-electron chi connectivity index (χ0n) is 68.8. The van der Waals surface area contributed by atoms with Gasteiger partial charge in [-0.05, 0) is 311 Å². The highest BCUT2D eigenvalue weighted by Gasteiger charge is 2.45. The van der Waals surface area contributed by atoms with E-state index in [4.69, 9.17) is 16.3 Å². The molecule has 113 heavy (non-hydrogen) atoms. The predicted octanol–water partition coefficient (Wildman–Crippen LogP) is 28.0. The average molecular weight is 1540 g/mol. The summed E-state index contributed by atoms with van der Waals surface area (Å²) in [5.74, 6) is 8.23. The SMILES string of the molecule is CC(C)C1CCC(c2ccc(O)cc2)(c2ccccc2F)CC1.CC(C)C1CCC(c2ccccc2)(c2ccc(O)cc2)CC1.COc1cccc(C2(c3ccc(O)cc3)CCC(C(C)C)CC2)c1.Cc1ccc(C2(c3ccc(O)cc3)CCC(C(C)C)CC2)cc1.Oc1ccc(C2(c3c(F)cccc3Cl)CCCCC2)cc1. The Morgan fingerprint density at radius 1 is 0.310 bits per heavy atom. The lowest BCUT2D eigenvalue weighted by Crippen LogP contribution is -2.35. The van der Waals surface area contributed by atoms with Crippen LogP contribution in [0, 0.1) is 65.9 Å². The Morgan fingerprint density at radius 3 is 0.956 bits per heavy atom. The van der Waals surface area contributed by atoms with E-state index in [0.717, 1.165) is 122 Å². The number of aryl methyl sites for hydroxylation is 1.